The van der Waals surface area contributed by atoms with Crippen LogP contribution >= 0.6 is 11.8 Å². The topological polar surface area (TPSA) is 76.3 Å². The molecule has 5 nitrogen and oxygen atoms in total. The Kier molecular flexibility index (Phi) is 6.81. The van der Waals surface area contributed by atoms with Gasteiger partial charge in [0.1, 0.15) is 0 Å². The fraction of sp³-hybridized carbons (Fsp3) is 0.278. The van der Waals surface area contributed by atoms with Crippen molar-refractivity contribution >= 4 is 23.6 Å². The third-order valence-electron chi connectivity index (χ3n) is 3.41. The molecule has 2 rings (SSSR count). The second kappa shape index (κ2) is 9.08. The van der Waals surface area contributed by atoms with E-state index in [2.05, 4.69) is 4.98 Å². The van der Waals surface area contributed by atoms with E-state index in [0.717, 1.165) is 16.3 Å². The van der Waals surface area contributed by atoms with Gasteiger partial charge in [0.2, 0.25) is 5.91 Å². The van der Waals surface area contributed by atoms with E-state index in [-0.39, 0.29) is 12.3 Å². The fourth-order valence-electron chi connectivity index (χ4n) is 2.25. The van der Waals surface area contributed by atoms with Crippen LogP contribution in [0.15, 0.2) is 53.7 Å². The molecule has 0 aliphatic rings. The van der Waals surface area contributed by atoms with Crippen molar-refractivity contribution in [3.8, 4) is 0 Å². The molecule has 0 bridgehead atoms. The van der Waals surface area contributed by atoms with Crippen LogP contribution in [0, 0.1) is 0 Å². The van der Waals surface area contributed by atoms with Crippen molar-refractivity contribution in [2.75, 3.05) is 12.3 Å². The zero-order valence-electron chi connectivity index (χ0n) is 13.6. The summed E-state index contributed by atoms with van der Waals surface area (Å²) in [7, 11) is 0. The Morgan fingerprint density at radius 2 is 1.96 bits per heavy atom. The maximum atomic E-state index is 12.9. The summed E-state index contributed by atoms with van der Waals surface area (Å²) in [6.07, 6.45) is 1.78. The van der Waals surface area contributed by atoms with Crippen molar-refractivity contribution in [3.63, 3.8) is 0 Å². The maximum absolute atomic E-state index is 12.9. The Morgan fingerprint density at radius 3 is 2.62 bits per heavy atom. The smallest absolute Gasteiger partial charge is 0.254 e. The maximum Gasteiger partial charge on any atom is 0.254 e. The second-order valence-corrected chi connectivity index (χ2v) is 6.53. The van der Waals surface area contributed by atoms with Crippen molar-refractivity contribution in [2.45, 2.75) is 24.9 Å². The number of carbonyl (C=O) groups excluding carboxylic acids is 2. The Hall–Kier alpha value is -2.34. The normalized spacial score (nSPS) is 10.4. The Balaban J connectivity index is 2.19. The molecule has 0 radical (unpaired) electrons. The number of hydrogen-bond donors (Lipinski definition) is 1. The molecule has 1 heterocycles. The molecule has 24 heavy (non-hydrogen) atoms. The standard InChI is InChI=1S/C18H21N3O2S/c1-2-24-17-12-15(8-10-20-17)18(23)21(11-9-16(19)22)13-14-6-4-3-5-7-14/h3-8,10,12H,2,9,11,13H2,1H3,(H2,19,22). The second-order valence-electron chi connectivity index (χ2n) is 5.24. The first-order valence-electron chi connectivity index (χ1n) is 7.80. The molecule has 2 aromatic rings. The van der Waals surface area contributed by atoms with E-state index >= 15 is 0 Å². The van der Waals surface area contributed by atoms with Gasteiger partial charge in [-0.15, -0.1) is 11.8 Å². The van der Waals surface area contributed by atoms with Crippen LogP contribution in [0.25, 0.3) is 0 Å². The van der Waals surface area contributed by atoms with Gasteiger partial charge in [0.15, 0.2) is 0 Å². The van der Waals surface area contributed by atoms with Crippen LogP contribution in [0.1, 0.15) is 29.3 Å². The van der Waals surface area contributed by atoms with Crippen LogP contribution in [0.4, 0.5) is 0 Å². The minimum atomic E-state index is -0.419. The highest BCUT2D eigenvalue weighted by molar-refractivity contribution is 7.99. The summed E-state index contributed by atoms with van der Waals surface area (Å²) in [4.78, 5) is 29.9. The average Bonchev–Trinajstić information content (AvgIpc) is 2.59. The number of nitrogens with zero attached hydrogens (tertiary/aromatic N) is 2. The molecular weight excluding hydrogens is 322 g/mol. The van der Waals surface area contributed by atoms with Crippen molar-refractivity contribution in [1.29, 1.82) is 0 Å². The molecule has 126 valence electrons. The monoisotopic (exact) mass is 343 g/mol. The minimum absolute atomic E-state index is 0.125. The molecular formula is C18H21N3O2S. The summed E-state index contributed by atoms with van der Waals surface area (Å²) in [5.41, 5.74) is 6.82. The van der Waals surface area contributed by atoms with Crippen molar-refractivity contribution in [1.82, 2.24) is 9.88 Å². The predicted molar refractivity (Wildman–Crippen MR) is 95.6 cm³/mol. The largest absolute Gasteiger partial charge is 0.370 e. The van der Waals surface area contributed by atoms with Crippen molar-refractivity contribution in [3.05, 3.63) is 59.8 Å². The highest BCUT2D eigenvalue weighted by atomic mass is 32.2. The summed E-state index contributed by atoms with van der Waals surface area (Å²) in [6.45, 7) is 2.77. The van der Waals surface area contributed by atoms with Gasteiger partial charge >= 0.3 is 0 Å². The highest BCUT2D eigenvalue weighted by Gasteiger charge is 2.17. The number of thioether (sulfide) groups is 1. The zero-order chi connectivity index (χ0) is 17.4. The number of pyridine rings is 1. The van der Waals surface area contributed by atoms with Gasteiger partial charge in [-0.3, -0.25) is 9.59 Å². The van der Waals surface area contributed by atoms with Gasteiger partial charge < -0.3 is 10.6 Å². The van der Waals surface area contributed by atoms with Gasteiger partial charge in [0.05, 0.1) is 5.03 Å². The Bertz CT molecular complexity index is 692. The van der Waals surface area contributed by atoms with Crippen molar-refractivity contribution in [2.24, 2.45) is 5.73 Å². The summed E-state index contributed by atoms with van der Waals surface area (Å²) in [5, 5.41) is 0.818. The fourth-order valence-corrected chi connectivity index (χ4v) is 2.89. The molecule has 1 aromatic carbocycles. The molecule has 2 amide bonds. The number of carbonyl (C=O) groups is 2. The number of benzene rings is 1. The Morgan fingerprint density at radius 1 is 1.21 bits per heavy atom. The van der Waals surface area contributed by atoms with E-state index in [9.17, 15) is 9.59 Å². The summed E-state index contributed by atoms with van der Waals surface area (Å²) in [6, 6.07) is 13.2. The lowest BCUT2D eigenvalue weighted by Crippen LogP contribution is -2.33. The van der Waals surface area contributed by atoms with Crippen molar-refractivity contribution < 1.29 is 9.59 Å². The van der Waals surface area contributed by atoms with Gasteiger partial charge in [-0.25, -0.2) is 4.98 Å². The molecule has 0 unspecified atom stereocenters. The Labute approximate surface area is 146 Å². The SMILES string of the molecule is CCSc1cc(C(=O)N(CCC(N)=O)Cc2ccccc2)ccn1. The lowest BCUT2D eigenvalue weighted by molar-refractivity contribution is -0.118. The number of hydrogen-bond acceptors (Lipinski definition) is 4. The molecule has 0 aliphatic carbocycles. The van der Waals surface area contributed by atoms with E-state index in [1.807, 2.05) is 37.3 Å². The first-order chi connectivity index (χ1) is 11.6. The number of rotatable bonds is 8. The number of aromatic nitrogens is 1. The molecule has 0 saturated heterocycles. The summed E-state index contributed by atoms with van der Waals surface area (Å²) >= 11 is 1.58. The van der Waals surface area contributed by atoms with Gasteiger partial charge in [0, 0.05) is 31.3 Å². The molecule has 6 heteroatoms. The number of nitrogens with two attached hydrogens (primary N) is 1. The lowest BCUT2D eigenvalue weighted by atomic mass is 10.1. The molecule has 0 aliphatic heterocycles. The molecule has 2 N–H and O–H groups in total. The van der Waals surface area contributed by atoms with Gasteiger partial charge in [-0.1, -0.05) is 37.3 Å². The van der Waals surface area contributed by atoms with Crippen LogP contribution in [0.2, 0.25) is 0 Å². The van der Waals surface area contributed by atoms with Crippen LogP contribution in [0.3, 0.4) is 0 Å². The molecule has 0 spiro atoms. The predicted octanol–water partition coefficient (Wildman–Crippen LogP) is 2.71. The van der Waals surface area contributed by atoms with Crippen LogP contribution in [0.5, 0.6) is 0 Å². The first kappa shape index (κ1) is 18.0. The quantitative estimate of drug-likeness (QED) is 0.748. The molecule has 1 aromatic heterocycles. The molecule has 0 atom stereocenters. The van der Waals surface area contributed by atoms with Crippen LogP contribution in [-0.4, -0.2) is 34.0 Å². The number of primary amides is 1. The summed E-state index contributed by atoms with van der Waals surface area (Å²) < 4.78 is 0. The van der Waals surface area contributed by atoms with E-state index < -0.39 is 5.91 Å². The summed E-state index contributed by atoms with van der Waals surface area (Å²) in [5.74, 6) is 0.346. The van der Waals surface area contributed by atoms with E-state index in [1.165, 1.54) is 0 Å². The highest BCUT2D eigenvalue weighted by Crippen LogP contribution is 2.17. The molecule has 0 saturated carbocycles. The molecule has 0 fully saturated rings. The third-order valence-corrected chi connectivity index (χ3v) is 4.21. The van der Waals surface area contributed by atoms with E-state index in [0.29, 0.717) is 18.7 Å². The van der Waals surface area contributed by atoms with Gasteiger partial charge in [-0.05, 0) is 23.4 Å². The van der Waals surface area contributed by atoms with E-state index in [4.69, 9.17) is 5.73 Å². The zero-order valence-corrected chi connectivity index (χ0v) is 14.5. The minimum Gasteiger partial charge on any atom is -0.370 e. The number of amides is 2. The van der Waals surface area contributed by atoms with Gasteiger partial charge in [0.25, 0.3) is 5.91 Å². The lowest BCUT2D eigenvalue weighted by Gasteiger charge is -2.22. The van der Waals surface area contributed by atoms with Crippen LogP contribution in [-0.2, 0) is 11.3 Å². The first-order valence-corrected chi connectivity index (χ1v) is 8.79. The van der Waals surface area contributed by atoms with Gasteiger partial charge in [-0.2, -0.15) is 0 Å². The van der Waals surface area contributed by atoms with Crippen LogP contribution < -0.4 is 5.73 Å². The third kappa shape index (κ3) is 5.38. The average molecular weight is 343 g/mol. The van der Waals surface area contributed by atoms with E-state index in [1.54, 1.807) is 35.0 Å².